The molecule has 2 rings (SSSR count). The molecule has 4 N–H and O–H groups in total. The van der Waals surface area contributed by atoms with Gasteiger partial charge in [-0.05, 0) is 25.3 Å². The van der Waals surface area contributed by atoms with Crippen LogP contribution in [0.25, 0.3) is 0 Å². The Hall–Kier alpha value is -0.0300. The number of hydrogen-bond acceptors (Lipinski definition) is 4. The molecule has 0 fully saturated rings. The first-order valence-electron chi connectivity index (χ1n) is 5.16. The highest BCUT2D eigenvalue weighted by Gasteiger charge is 2.22. The number of thioether (sulfide) groups is 1. The van der Waals surface area contributed by atoms with Gasteiger partial charge in [0.25, 0.3) is 0 Å². The average Bonchev–Trinajstić information content (AvgIpc) is 2.54. The highest BCUT2D eigenvalue weighted by atomic mass is 35.5. The van der Waals surface area contributed by atoms with Crippen LogP contribution in [0, 0.1) is 0 Å². The van der Waals surface area contributed by atoms with Crippen LogP contribution < -0.4 is 16.4 Å². The maximum atomic E-state index is 5.80. The SMILES string of the molecule is CCCNC1=CC2=C(CC1)NC(N)S2.Cl.Cl. The van der Waals surface area contributed by atoms with E-state index in [0.717, 1.165) is 19.4 Å². The second-order valence-corrected chi connectivity index (χ2v) is 4.81. The van der Waals surface area contributed by atoms with Gasteiger partial charge in [0.1, 0.15) is 5.50 Å². The van der Waals surface area contributed by atoms with Gasteiger partial charge in [0.2, 0.25) is 0 Å². The molecular formula is C10H19Cl2N3S. The molecule has 0 bridgehead atoms. The largest absolute Gasteiger partial charge is 0.388 e. The summed E-state index contributed by atoms with van der Waals surface area (Å²) in [6, 6.07) is 0. The van der Waals surface area contributed by atoms with Crippen LogP contribution in [-0.2, 0) is 0 Å². The van der Waals surface area contributed by atoms with E-state index in [1.165, 1.54) is 22.7 Å². The normalized spacial score (nSPS) is 22.4. The van der Waals surface area contributed by atoms with Crippen LogP contribution in [0.1, 0.15) is 26.2 Å². The van der Waals surface area contributed by atoms with E-state index in [0.29, 0.717) is 0 Å². The first kappa shape index (κ1) is 16.0. The Morgan fingerprint density at radius 1 is 1.50 bits per heavy atom. The van der Waals surface area contributed by atoms with Crippen LogP contribution >= 0.6 is 36.6 Å². The van der Waals surface area contributed by atoms with E-state index in [2.05, 4.69) is 23.6 Å². The topological polar surface area (TPSA) is 50.1 Å². The van der Waals surface area contributed by atoms with Crippen molar-refractivity contribution >= 4 is 36.6 Å². The summed E-state index contributed by atoms with van der Waals surface area (Å²) in [5.41, 5.74) is 8.54. The molecule has 2 aliphatic rings. The number of hydrogen-bond donors (Lipinski definition) is 3. The number of halogens is 2. The van der Waals surface area contributed by atoms with Crippen molar-refractivity contribution in [2.75, 3.05) is 6.54 Å². The number of nitrogens with two attached hydrogens (primary N) is 1. The zero-order valence-corrected chi connectivity index (χ0v) is 11.7. The third kappa shape index (κ3) is 3.77. The quantitative estimate of drug-likeness (QED) is 0.744. The standard InChI is InChI=1S/C10H17N3S.2ClH/c1-2-5-12-7-3-4-8-9(6-7)14-10(11)13-8;;/h6,10,12-13H,2-5,11H2,1H3;2*1H. The Morgan fingerprint density at radius 3 is 2.94 bits per heavy atom. The van der Waals surface area contributed by atoms with E-state index < -0.39 is 0 Å². The summed E-state index contributed by atoms with van der Waals surface area (Å²) >= 11 is 1.72. The van der Waals surface area contributed by atoms with Gasteiger partial charge in [-0.1, -0.05) is 18.7 Å². The Bertz CT molecular complexity index is 292. The maximum absolute atomic E-state index is 5.80. The second kappa shape index (κ2) is 7.33. The van der Waals surface area contributed by atoms with Crippen molar-refractivity contribution in [2.24, 2.45) is 5.73 Å². The molecule has 94 valence electrons. The van der Waals surface area contributed by atoms with Gasteiger partial charge in [0.15, 0.2) is 0 Å². The van der Waals surface area contributed by atoms with E-state index in [9.17, 15) is 0 Å². The molecule has 1 heterocycles. The molecule has 16 heavy (non-hydrogen) atoms. The lowest BCUT2D eigenvalue weighted by Crippen LogP contribution is -2.29. The number of nitrogens with one attached hydrogen (secondary N) is 2. The van der Waals surface area contributed by atoms with Gasteiger partial charge in [-0.2, -0.15) is 0 Å². The van der Waals surface area contributed by atoms with Crippen molar-refractivity contribution in [3.63, 3.8) is 0 Å². The molecule has 1 atom stereocenters. The van der Waals surface area contributed by atoms with E-state index in [1.807, 2.05) is 0 Å². The van der Waals surface area contributed by atoms with Crippen LogP contribution in [0.3, 0.4) is 0 Å². The third-order valence-corrected chi connectivity index (χ3v) is 3.41. The van der Waals surface area contributed by atoms with E-state index >= 15 is 0 Å². The van der Waals surface area contributed by atoms with Crippen molar-refractivity contribution < 1.29 is 0 Å². The molecule has 0 amide bonds. The lowest BCUT2D eigenvalue weighted by atomic mass is 10.1. The molecule has 1 aliphatic heterocycles. The molecule has 0 spiro atoms. The van der Waals surface area contributed by atoms with Crippen LogP contribution in [0.5, 0.6) is 0 Å². The minimum absolute atomic E-state index is 0. The first-order chi connectivity index (χ1) is 6.79. The van der Waals surface area contributed by atoms with Gasteiger partial charge in [0, 0.05) is 22.8 Å². The fraction of sp³-hybridized carbons (Fsp3) is 0.600. The minimum atomic E-state index is 0. The van der Waals surface area contributed by atoms with Crippen LogP contribution in [0.15, 0.2) is 22.4 Å². The van der Waals surface area contributed by atoms with E-state index in [4.69, 9.17) is 5.73 Å². The zero-order chi connectivity index (χ0) is 9.97. The molecule has 0 radical (unpaired) electrons. The van der Waals surface area contributed by atoms with E-state index in [1.54, 1.807) is 11.8 Å². The number of rotatable bonds is 3. The van der Waals surface area contributed by atoms with Gasteiger partial charge in [-0.25, -0.2) is 0 Å². The third-order valence-electron chi connectivity index (χ3n) is 2.42. The summed E-state index contributed by atoms with van der Waals surface area (Å²) in [5, 5.41) is 6.72. The smallest absolute Gasteiger partial charge is 0.127 e. The van der Waals surface area contributed by atoms with E-state index in [-0.39, 0.29) is 30.3 Å². The monoisotopic (exact) mass is 283 g/mol. The molecule has 3 nitrogen and oxygen atoms in total. The molecule has 1 aliphatic carbocycles. The predicted octanol–water partition coefficient (Wildman–Crippen LogP) is 2.30. The van der Waals surface area contributed by atoms with Gasteiger partial charge in [-0.3, -0.25) is 0 Å². The molecule has 6 heteroatoms. The molecule has 0 aromatic heterocycles. The number of allylic oxidation sites excluding steroid dienone is 3. The minimum Gasteiger partial charge on any atom is -0.388 e. The van der Waals surface area contributed by atoms with Crippen molar-refractivity contribution in [1.82, 2.24) is 10.6 Å². The molecular weight excluding hydrogens is 265 g/mol. The maximum Gasteiger partial charge on any atom is 0.127 e. The predicted molar refractivity (Wildman–Crippen MR) is 75.8 cm³/mol. The highest BCUT2D eigenvalue weighted by Crippen LogP contribution is 2.35. The first-order valence-corrected chi connectivity index (χ1v) is 6.04. The van der Waals surface area contributed by atoms with Crippen molar-refractivity contribution in [3.8, 4) is 0 Å². The molecule has 0 aromatic rings. The summed E-state index contributed by atoms with van der Waals surface area (Å²) in [4.78, 5) is 1.32. The average molecular weight is 284 g/mol. The molecule has 0 aromatic carbocycles. The molecule has 1 unspecified atom stereocenters. The Balaban J connectivity index is 0.00000112. The Morgan fingerprint density at radius 2 is 2.25 bits per heavy atom. The highest BCUT2D eigenvalue weighted by molar-refractivity contribution is 8.04. The van der Waals surface area contributed by atoms with Gasteiger partial charge >= 0.3 is 0 Å². The molecule has 0 saturated heterocycles. The fourth-order valence-corrected chi connectivity index (χ4v) is 2.70. The summed E-state index contributed by atoms with van der Waals surface area (Å²) in [6.45, 7) is 3.25. The lowest BCUT2D eigenvalue weighted by molar-refractivity contribution is 0.679. The van der Waals surface area contributed by atoms with Gasteiger partial charge in [-0.15, -0.1) is 24.8 Å². The zero-order valence-electron chi connectivity index (χ0n) is 9.29. The molecule has 0 saturated carbocycles. The van der Waals surface area contributed by atoms with Crippen molar-refractivity contribution in [3.05, 3.63) is 22.4 Å². The lowest BCUT2D eigenvalue weighted by Gasteiger charge is -2.16. The van der Waals surface area contributed by atoms with Crippen molar-refractivity contribution in [1.29, 1.82) is 0 Å². The summed E-state index contributed by atoms with van der Waals surface area (Å²) in [6.07, 6.45) is 5.62. The van der Waals surface area contributed by atoms with Crippen LogP contribution in [0.4, 0.5) is 0 Å². The van der Waals surface area contributed by atoms with Crippen molar-refractivity contribution in [2.45, 2.75) is 31.7 Å². The van der Waals surface area contributed by atoms with Gasteiger partial charge in [0.05, 0.1) is 0 Å². The summed E-state index contributed by atoms with van der Waals surface area (Å²) in [5.74, 6) is 0. The van der Waals surface area contributed by atoms with Gasteiger partial charge < -0.3 is 16.4 Å². The van der Waals surface area contributed by atoms with Crippen LogP contribution in [0.2, 0.25) is 0 Å². The second-order valence-electron chi connectivity index (χ2n) is 3.62. The van der Waals surface area contributed by atoms with Crippen LogP contribution in [-0.4, -0.2) is 12.0 Å². The summed E-state index contributed by atoms with van der Waals surface area (Å²) in [7, 11) is 0. The Kier molecular flexibility index (Phi) is 7.31. The fourth-order valence-electron chi connectivity index (χ4n) is 1.71. The summed E-state index contributed by atoms with van der Waals surface area (Å²) < 4.78 is 0. The Labute approximate surface area is 114 Å².